The van der Waals surface area contributed by atoms with E-state index in [4.69, 9.17) is 32.4 Å². The largest absolute Gasteiger partial charge is 0.496 e. The second-order valence-electron chi connectivity index (χ2n) is 6.82. The van der Waals surface area contributed by atoms with Crippen molar-refractivity contribution in [2.45, 2.75) is 4.90 Å². The number of benzene rings is 3. The van der Waals surface area contributed by atoms with Gasteiger partial charge in [-0.05, 0) is 54.6 Å². The van der Waals surface area contributed by atoms with Crippen molar-refractivity contribution in [3.63, 3.8) is 0 Å². The number of para-hydroxylation sites is 1. The fourth-order valence-corrected chi connectivity index (χ4v) is 4.56. The molecule has 0 fully saturated rings. The summed E-state index contributed by atoms with van der Waals surface area (Å²) < 4.78 is 35.9. The van der Waals surface area contributed by atoms with E-state index < -0.39 is 15.9 Å². The first kappa shape index (κ1) is 23.7. The van der Waals surface area contributed by atoms with Crippen LogP contribution in [0.25, 0.3) is 22.9 Å². The van der Waals surface area contributed by atoms with Crippen molar-refractivity contribution in [3.05, 3.63) is 82.3 Å². The van der Waals surface area contributed by atoms with E-state index in [1.165, 1.54) is 30.3 Å². The number of rotatable bonds is 7. The van der Waals surface area contributed by atoms with Gasteiger partial charge in [-0.2, -0.15) is 0 Å². The lowest BCUT2D eigenvalue weighted by molar-refractivity contribution is 0.0945. The highest BCUT2D eigenvalue weighted by Crippen LogP contribution is 2.30. The molecule has 0 saturated carbocycles. The average molecular weight is 519 g/mol. The first-order chi connectivity index (χ1) is 16.3. The van der Waals surface area contributed by atoms with Gasteiger partial charge in [-0.15, -0.1) is 15.0 Å². The van der Waals surface area contributed by atoms with Gasteiger partial charge in [0.05, 0.1) is 17.7 Å². The highest BCUT2D eigenvalue weighted by Gasteiger charge is 2.20. The van der Waals surface area contributed by atoms with Gasteiger partial charge in [-0.3, -0.25) is 10.2 Å². The van der Waals surface area contributed by atoms with E-state index in [0.29, 0.717) is 16.9 Å². The first-order valence-corrected chi connectivity index (χ1v) is 11.9. The normalized spacial score (nSPS) is 11.3. The van der Waals surface area contributed by atoms with Gasteiger partial charge in [0.15, 0.2) is 0 Å². The predicted molar refractivity (Wildman–Crippen MR) is 126 cm³/mol. The molecule has 0 saturated heterocycles. The van der Waals surface area contributed by atoms with Crippen molar-refractivity contribution in [2.24, 2.45) is 0 Å². The van der Waals surface area contributed by atoms with Gasteiger partial charge in [0.1, 0.15) is 10.6 Å². The fourth-order valence-electron chi connectivity index (χ4n) is 2.96. The second kappa shape index (κ2) is 9.82. The van der Waals surface area contributed by atoms with Crippen LogP contribution in [0, 0.1) is 0 Å². The van der Waals surface area contributed by atoms with Crippen LogP contribution in [-0.2, 0) is 10.0 Å². The molecule has 0 aliphatic carbocycles. The van der Waals surface area contributed by atoms with Crippen LogP contribution in [0.5, 0.6) is 5.75 Å². The predicted octanol–water partition coefficient (Wildman–Crippen LogP) is 4.34. The third-order valence-corrected chi connectivity index (χ3v) is 6.60. The molecule has 34 heavy (non-hydrogen) atoms. The Morgan fingerprint density at radius 3 is 2.41 bits per heavy atom. The summed E-state index contributed by atoms with van der Waals surface area (Å²) in [5, 5.41) is 8.24. The van der Waals surface area contributed by atoms with Crippen molar-refractivity contribution in [1.82, 2.24) is 20.5 Å². The molecule has 174 valence electrons. The molecule has 0 unspecified atom stereocenters. The molecule has 12 heteroatoms. The number of hydrogen-bond acceptors (Lipinski definition) is 7. The van der Waals surface area contributed by atoms with Gasteiger partial charge in [0, 0.05) is 16.1 Å². The molecule has 4 aromatic rings. The molecule has 0 bridgehead atoms. The molecule has 1 heterocycles. The SMILES string of the molecule is COc1ccccc1-c1nnc(-c2ccc(C(=O)NNS(=O)(=O)c3cc(Cl)ccc3Cl)cc2)o1. The Labute approximate surface area is 204 Å². The number of amides is 1. The minimum absolute atomic E-state index is 0.0393. The van der Waals surface area contributed by atoms with Crippen LogP contribution in [0.15, 0.2) is 76.0 Å². The Morgan fingerprint density at radius 1 is 0.971 bits per heavy atom. The highest BCUT2D eigenvalue weighted by atomic mass is 35.5. The summed E-state index contributed by atoms with van der Waals surface area (Å²) in [7, 11) is -2.59. The van der Waals surface area contributed by atoms with E-state index in [1.807, 2.05) is 17.0 Å². The second-order valence-corrected chi connectivity index (χ2v) is 9.32. The summed E-state index contributed by atoms with van der Waals surface area (Å²) in [6, 6.07) is 17.3. The molecule has 0 aliphatic rings. The van der Waals surface area contributed by atoms with Crippen LogP contribution < -0.4 is 15.0 Å². The Morgan fingerprint density at radius 2 is 1.68 bits per heavy atom. The zero-order chi connectivity index (χ0) is 24.3. The van der Waals surface area contributed by atoms with Crippen molar-refractivity contribution in [1.29, 1.82) is 0 Å². The standard InChI is InChI=1S/C22H16Cl2N4O5S/c1-32-18-5-3-2-4-16(18)22-27-26-21(33-22)14-8-6-13(7-9-14)20(29)25-28-34(30,31)19-12-15(23)10-11-17(19)24/h2-12,28H,1H3,(H,25,29). The number of ether oxygens (including phenoxy) is 1. The summed E-state index contributed by atoms with van der Waals surface area (Å²) in [5.41, 5.74) is 3.54. The summed E-state index contributed by atoms with van der Waals surface area (Å²) in [5.74, 6) is 0.423. The van der Waals surface area contributed by atoms with E-state index in [2.05, 4.69) is 15.6 Å². The monoisotopic (exact) mass is 518 g/mol. The highest BCUT2D eigenvalue weighted by molar-refractivity contribution is 7.89. The van der Waals surface area contributed by atoms with E-state index >= 15 is 0 Å². The van der Waals surface area contributed by atoms with Gasteiger partial charge in [0.25, 0.3) is 21.8 Å². The van der Waals surface area contributed by atoms with E-state index in [-0.39, 0.29) is 32.3 Å². The molecule has 0 aliphatic heterocycles. The van der Waals surface area contributed by atoms with Crippen molar-refractivity contribution in [2.75, 3.05) is 7.11 Å². The number of carbonyl (C=O) groups is 1. The number of sulfonamides is 1. The van der Waals surface area contributed by atoms with Crippen LogP contribution in [0.2, 0.25) is 10.0 Å². The maximum atomic E-state index is 12.4. The number of aromatic nitrogens is 2. The Balaban J connectivity index is 1.46. The summed E-state index contributed by atoms with van der Waals surface area (Å²) in [6.45, 7) is 0. The summed E-state index contributed by atoms with van der Waals surface area (Å²) >= 11 is 11.8. The third-order valence-electron chi connectivity index (χ3n) is 4.64. The molecular formula is C22H16Cl2N4O5S. The Kier molecular flexibility index (Phi) is 6.85. The topological polar surface area (TPSA) is 123 Å². The number of carbonyl (C=O) groups excluding carboxylic acids is 1. The lowest BCUT2D eigenvalue weighted by Gasteiger charge is -2.10. The van der Waals surface area contributed by atoms with Crippen LogP contribution >= 0.6 is 23.2 Å². The number of nitrogens with zero attached hydrogens (tertiary/aromatic N) is 2. The minimum atomic E-state index is -4.14. The number of nitrogens with one attached hydrogen (secondary N) is 2. The maximum absolute atomic E-state index is 12.4. The molecule has 0 radical (unpaired) electrons. The zero-order valence-corrected chi connectivity index (χ0v) is 19.8. The summed E-state index contributed by atoms with van der Waals surface area (Å²) in [6.07, 6.45) is 0. The third kappa shape index (κ3) is 5.05. The average Bonchev–Trinajstić information content (AvgIpc) is 3.34. The number of halogens is 2. The molecule has 0 atom stereocenters. The molecule has 9 nitrogen and oxygen atoms in total. The van der Waals surface area contributed by atoms with Crippen molar-refractivity contribution >= 4 is 39.1 Å². The molecule has 4 rings (SSSR count). The molecule has 1 amide bonds. The number of hydrazine groups is 1. The lowest BCUT2D eigenvalue weighted by Crippen LogP contribution is -2.41. The van der Waals surface area contributed by atoms with Crippen LogP contribution in [0.4, 0.5) is 0 Å². The number of methoxy groups -OCH3 is 1. The van der Waals surface area contributed by atoms with Gasteiger partial charge in [-0.1, -0.05) is 35.3 Å². The van der Waals surface area contributed by atoms with E-state index in [0.717, 1.165) is 0 Å². The van der Waals surface area contributed by atoms with Gasteiger partial charge in [0.2, 0.25) is 5.89 Å². The van der Waals surface area contributed by atoms with Gasteiger partial charge >= 0.3 is 0 Å². The van der Waals surface area contributed by atoms with Gasteiger partial charge in [-0.25, -0.2) is 8.42 Å². The first-order valence-electron chi connectivity index (χ1n) is 9.63. The van der Waals surface area contributed by atoms with Crippen LogP contribution in [0.3, 0.4) is 0 Å². The molecule has 0 spiro atoms. The lowest BCUT2D eigenvalue weighted by atomic mass is 10.1. The quantitative estimate of drug-likeness (QED) is 0.348. The van der Waals surface area contributed by atoms with Crippen LogP contribution in [-0.4, -0.2) is 31.6 Å². The number of hydrogen-bond donors (Lipinski definition) is 2. The molecule has 3 aromatic carbocycles. The Hall–Kier alpha value is -3.44. The van der Waals surface area contributed by atoms with E-state index in [1.54, 1.807) is 31.4 Å². The van der Waals surface area contributed by atoms with Crippen LogP contribution in [0.1, 0.15) is 10.4 Å². The van der Waals surface area contributed by atoms with Crippen molar-refractivity contribution in [3.8, 4) is 28.7 Å². The summed E-state index contributed by atoms with van der Waals surface area (Å²) in [4.78, 5) is 14.2. The van der Waals surface area contributed by atoms with E-state index in [9.17, 15) is 13.2 Å². The smallest absolute Gasteiger partial charge is 0.266 e. The fraction of sp³-hybridized carbons (Fsp3) is 0.0455. The van der Waals surface area contributed by atoms with Crippen molar-refractivity contribution < 1.29 is 22.4 Å². The Bertz CT molecular complexity index is 1460. The molecular weight excluding hydrogens is 503 g/mol. The molecule has 2 N–H and O–H groups in total. The zero-order valence-electron chi connectivity index (χ0n) is 17.5. The van der Waals surface area contributed by atoms with Gasteiger partial charge < -0.3 is 9.15 Å². The molecule has 1 aromatic heterocycles. The maximum Gasteiger partial charge on any atom is 0.266 e. The minimum Gasteiger partial charge on any atom is -0.496 e.